The molecule has 0 saturated heterocycles. The molecule has 0 atom stereocenters. The summed E-state index contributed by atoms with van der Waals surface area (Å²) in [5.41, 5.74) is -1.02. The van der Waals surface area contributed by atoms with Crippen molar-refractivity contribution in [2.45, 2.75) is 56.7 Å². The molecule has 3 aliphatic rings. The molecule has 0 spiro atoms. The molecule has 0 aromatic heterocycles. The average molecular weight is 401 g/mol. The van der Waals surface area contributed by atoms with E-state index in [0.29, 0.717) is 35.1 Å². The van der Waals surface area contributed by atoms with Crippen LogP contribution in [0, 0.1) is 0 Å². The van der Waals surface area contributed by atoms with E-state index in [4.69, 9.17) is 32.7 Å². The van der Waals surface area contributed by atoms with Crippen LogP contribution in [-0.4, -0.2) is 35.3 Å². The first-order valence-corrected chi connectivity index (χ1v) is 9.16. The fourth-order valence-electron chi connectivity index (χ4n) is 3.62. The van der Waals surface area contributed by atoms with E-state index in [1.54, 1.807) is 18.2 Å². The monoisotopic (exact) mass is 400 g/mol. The molecule has 1 aromatic rings. The summed E-state index contributed by atoms with van der Waals surface area (Å²) in [6, 6.07) is 4.84. The number of nitrogens with one attached hydrogen (secondary N) is 2. The highest BCUT2D eigenvalue weighted by Crippen LogP contribution is 2.60. The Hall–Kier alpha value is -1.66. The summed E-state index contributed by atoms with van der Waals surface area (Å²) in [5.74, 6) is 0.275. The Kier molecular flexibility index (Phi) is 4.78. The Morgan fingerprint density at radius 2 is 1.69 bits per heavy atom. The van der Waals surface area contributed by atoms with Gasteiger partial charge in [0.2, 0.25) is 0 Å². The van der Waals surface area contributed by atoms with Crippen LogP contribution in [0.15, 0.2) is 18.2 Å². The lowest BCUT2D eigenvalue weighted by Crippen LogP contribution is -2.84. The number of hydrogen-bond acceptors (Lipinski definition) is 4. The highest BCUT2D eigenvalue weighted by atomic mass is 35.5. The SMILES string of the molecule is CC(C)(C)OC(=O)NC12CC(NC(=O)COc3ccc(Cl)c(Cl)c3)(C1)C2. The van der Waals surface area contributed by atoms with Crippen molar-refractivity contribution in [3.05, 3.63) is 28.2 Å². The van der Waals surface area contributed by atoms with Crippen LogP contribution in [-0.2, 0) is 9.53 Å². The van der Waals surface area contributed by atoms with Crippen molar-refractivity contribution in [3.8, 4) is 5.75 Å². The number of carbonyl (C=O) groups excluding carboxylic acids is 2. The Morgan fingerprint density at radius 1 is 1.08 bits per heavy atom. The number of carbonyl (C=O) groups is 2. The molecule has 1 aromatic carbocycles. The van der Waals surface area contributed by atoms with E-state index in [9.17, 15) is 9.59 Å². The molecule has 0 aliphatic heterocycles. The topological polar surface area (TPSA) is 76.7 Å². The average Bonchev–Trinajstić information content (AvgIpc) is 2.43. The molecule has 3 fully saturated rings. The smallest absolute Gasteiger partial charge is 0.408 e. The van der Waals surface area contributed by atoms with Gasteiger partial charge in [-0.15, -0.1) is 0 Å². The fraction of sp³-hybridized carbons (Fsp3) is 0.556. The highest BCUT2D eigenvalue weighted by molar-refractivity contribution is 6.42. The Labute approximate surface area is 162 Å². The van der Waals surface area contributed by atoms with Gasteiger partial charge in [0.15, 0.2) is 6.61 Å². The van der Waals surface area contributed by atoms with E-state index in [0.717, 1.165) is 0 Å². The number of amides is 2. The summed E-state index contributed by atoms with van der Waals surface area (Å²) < 4.78 is 10.7. The molecule has 0 heterocycles. The molecule has 4 rings (SSSR count). The molecule has 0 unspecified atom stereocenters. The van der Waals surface area contributed by atoms with Crippen LogP contribution in [0.5, 0.6) is 5.75 Å². The molecular weight excluding hydrogens is 379 g/mol. The van der Waals surface area contributed by atoms with Gasteiger partial charge in [0.1, 0.15) is 11.4 Å². The number of ether oxygens (including phenoxy) is 2. The van der Waals surface area contributed by atoms with E-state index in [2.05, 4.69) is 10.6 Å². The summed E-state index contributed by atoms with van der Waals surface area (Å²) in [6.07, 6.45) is 1.70. The first-order valence-electron chi connectivity index (χ1n) is 8.40. The lowest BCUT2D eigenvalue weighted by Gasteiger charge is -2.70. The van der Waals surface area contributed by atoms with E-state index in [-0.39, 0.29) is 23.6 Å². The van der Waals surface area contributed by atoms with Crippen molar-refractivity contribution in [3.63, 3.8) is 0 Å². The van der Waals surface area contributed by atoms with Gasteiger partial charge in [-0.05, 0) is 52.2 Å². The van der Waals surface area contributed by atoms with Crippen molar-refractivity contribution in [1.29, 1.82) is 0 Å². The van der Waals surface area contributed by atoms with Crippen molar-refractivity contribution >= 4 is 35.2 Å². The van der Waals surface area contributed by atoms with Gasteiger partial charge in [0.25, 0.3) is 5.91 Å². The van der Waals surface area contributed by atoms with Crippen LogP contribution in [0.2, 0.25) is 10.0 Å². The Bertz CT molecular complexity index is 725. The molecule has 6 nitrogen and oxygen atoms in total. The summed E-state index contributed by atoms with van der Waals surface area (Å²) in [4.78, 5) is 24.0. The molecular formula is C18H22Cl2N2O4. The zero-order chi connectivity index (χ0) is 19.2. The second-order valence-corrected chi connectivity index (χ2v) is 8.95. The van der Waals surface area contributed by atoms with Crippen LogP contribution < -0.4 is 15.4 Å². The van der Waals surface area contributed by atoms with Crippen LogP contribution in [0.4, 0.5) is 4.79 Å². The molecule has 2 N–H and O–H groups in total. The second-order valence-electron chi connectivity index (χ2n) is 8.13. The predicted octanol–water partition coefficient (Wildman–Crippen LogP) is 3.69. The van der Waals surface area contributed by atoms with Gasteiger partial charge in [-0.3, -0.25) is 4.79 Å². The van der Waals surface area contributed by atoms with E-state index >= 15 is 0 Å². The van der Waals surface area contributed by atoms with Gasteiger partial charge in [-0.2, -0.15) is 0 Å². The third-order valence-corrected chi connectivity index (χ3v) is 5.20. The standard InChI is InChI=1S/C18H22Cl2N2O4/c1-16(2,3)26-15(24)22-18-8-17(9-18,10-18)21-14(23)7-25-11-4-5-12(19)13(20)6-11/h4-6H,7-10H2,1-3H3,(H,21,23)(H,22,24). The van der Waals surface area contributed by atoms with Crippen molar-refractivity contribution < 1.29 is 19.1 Å². The number of alkyl carbamates (subject to hydrolysis) is 1. The van der Waals surface area contributed by atoms with Crippen molar-refractivity contribution in [2.75, 3.05) is 6.61 Å². The van der Waals surface area contributed by atoms with E-state index in [1.807, 2.05) is 20.8 Å². The van der Waals surface area contributed by atoms with Crippen molar-refractivity contribution in [1.82, 2.24) is 10.6 Å². The number of hydrogen-bond donors (Lipinski definition) is 2. The first kappa shape index (κ1) is 19.1. The predicted molar refractivity (Wildman–Crippen MR) is 98.8 cm³/mol. The molecule has 3 aliphatic carbocycles. The maximum absolute atomic E-state index is 12.1. The van der Waals surface area contributed by atoms with Gasteiger partial charge in [-0.1, -0.05) is 23.2 Å². The van der Waals surface area contributed by atoms with Gasteiger partial charge < -0.3 is 20.1 Å². The quantitative estimate of drug-likeness (QED) is 0.789. The molecule has 8 heteroatoms. The zero-order valence-corrected chi connectivity index (χ0v) is 16.5. The summed E-state index contributed by atoms with van der Waals surface area (Å²) in [5, 5.41) is 6.70. The molecule has 2 bridgehead atoms. The molecule has 0 radical (unpaired) electrons. The maximum atomic E-state index is 12.1. The van der Waals surface area contributed by atoms with Gasteiger partial charge in [0.05, 0.1) is 15.6 Å². The van der Waals surface area contributed by atoms with Crippen LogP contribution in [0.3, 0.4) is 0 Å². The molecule has 26 heavy (non-hydrogen) atoms. The summed E-state index contributed by atoms with van der Waals surface area (Å²) in [7, 11) is 0. The lowest BCUT2D eigenvalue weighted by atomic mass is 9.44. The molecule has 2 amide bonds. The number of halogens is 2. The Morgan fingerprint density at radius 3 is 2.27 bits per heavy atom. The van der Waals surface area contributed by atoms with Gasteiger partial charge in [-0.25, -0.2) is 4.79 Å². The fourth-order valence-corrected chi connectivity index (χ4v) is 3.91. The minimum absolute atomic E-state index is 0.105. The lowest BCUT2D eigenvalue weighted by molar-refractivity contribution is -0.142. The third-order valence-electron chi connectivity index (χ3n) is 4.46. The normalized spacial score (nSPS) is 26.2. The maximum Gasteiger partial charge on any atom is 0.408 e. The third kappa shape index (κ3) is 4.18. The molecule has 142 valence electrons. The largest absolute Gasteiger partial charge is 0.484 e. The van der Waals surface area contributed by atoms with Crippen molar-refractivity contribution in [2.24, 2.45) is 0 Å². The van der Waals surface area contributed by atoms with Crippen LogP contribution in [0.1, 0.15) is 40.0 Å². The van der Waals surface area contributed by atoms with Gasteiger partial charge >= 0.3 is 6.09 Å². The Balaban J connectivity index is 1.41. The second kappa shape index (κ2) is 6.50. The number of benzene rings is 1. The summed E-state index contributed by atoms with van der Waals surface area (Å²) in [6.45, 7) is 5.37. The summed E-state index contributed by atoms with van der Waals surface area (Å²) >= 11 is 11.8. The number of rotatable bonds is 5. The molecule has 3 saturated carbocycles. The minimum atomic E-state index is -0.526. The first-order chi connectivity index (χ1) is 12.0. The van der Waals surface area contributed by atoms with Gasteiger partial charge in [0, 0.05) is 11.6 Å². The van der Waals surface area contributed by atoms with Crippen LogP contribution in [0.25, 0.3) is 0 Å². The minimum Gasteiger partial charge on any atom is -0.484 e. The van der Waals surface area contributed by atoms with E-state index in [1.165, 1.54) is 0 Å². The zero-order valence-electron chi connectivity index (χ0n) is 14.9. The van der Waals surface area contributed by atoms with E-state index < -0.39 is 11.7 Å². The highest BCUT2D eigenvalue weighted by Gasteiger charge is 2.69. The van der Waals surface area contributed by atoms with Crippen LogP contribution >= 0.6 is 23.2 Å².